The van der Waals surface area contributed by atoms with Crippen LogP contribution in [-0.2, 0) is 13.0 Å². The Hall–Kier alpha value is -2.31. The van der Waals surface area contributed by atoms with Gasteiger partial charge in [-0.25, -0.2) is 0 Å². The Morgan fingerprint density at radius 2 is 1.75 bits per heavy atom. The van der Waals surface area contributed by atoms with Crippen molar-refractivity contribution in [3.63, 3.8) is 0 Å². The Kier molecular flexibility index (Phi) is 5.63. The first-order chi connectivity index (χ1) is 9.90. The molecule has 0 aliphatic heterocycles. The number of hydrogen-bond donors (Lipinski definition) is 1. The van der Waals surface area contributed by atoms with Crippen molar-refractivity contribution < 1.29 is 4.74 Å². The average Bonchev–Trinajstić information content (AvgIpc) is 2.51. The summed E-state index contributed by atoms with van der Waals surface area (Å²) < 4.78 is 5.40. The van der Waals surface area contributed by atoms with E-state index in [0.29, 0.717) is 0 Å². The molecule has 0 amide bonds. The van der Waals surface area contributed by atoms with Crippen molar-refractivity contribution in [2.24, 2.45) is 0 Å². The fourth-order valence-corrected chi connectivity index (χ4v) is 2.00. The van der Waals surface area contributed by atoms with E-state index in [1.165, 1.54) is 5.56 Å². The summed E-state index contributed by atoms with van der Waals surface area (Å²) in [6.45, 7) is 1.74. The maximum atomic E-state index is 8.57. The zero-order valence-electron chi connectivity index (χ0n) is 11.4. The van der Waals surface area contributed by atoms with Crippen molar-refractivity contribution in [1.82, 2.24) is 5.32 Å². The standard InChI is InChI=1S/C17H18N2O/c18-11-13-20-17-9-5-4-8-16(17)14-19-12-10-15-6-2-1-3-7-15/h1-9,19H,10,12-14H2. The summed E-state index contributed by atoms with van der Waals surface area (Å²) in [5.74, 6) is 0.779. The highest BCUT2D eigenvalue weighted by Crippen LogP contribution is 2.17. The van der Waals surface area contributed by atoms with E-state index in [0.717, 1.165) is 30.8 Å². The molecule has 2 aromatic carbocycles. The number of hydrogen-bond acceptors (Lipinski definition) is 3. The van der Waals surface area contributed by atoms with Gasteiger partial charge in [0, 0.05) is 12.1 Å². The lowest BCUT2D eigenvalue weighted by Gasteiger charge is -2.10. The van der Waals surface area contributed by atoms with Gasteiger partial charge in [-0.1, -0.05) is 48.5 Å². The van der Waals surface area contributed by atoms with Gasteiger partial charge in [0.1, 0.15) is 11.8 Å². The molecule has 102 valence electrons. The van der Waals surface area contributed by atoms with Gasteiger partial charge in [-0.05, 0) is 24.6 Å². The third-order valence-corrected chi connectivity index (χ3v) is 3.01. The van der Waals surface area contributed by atoms with Gasteiger partial charge in [-0.2, -0.15) is 5.26 Å². The summed E-state index contributed by atoms with van der Waals surface area (Å²) in [7, 11) is 0. The van der Waals surface area contributed by atoms with Gasteiger partial charge >= 0.3 is 0 Å². The molecule has 0 unspecified atom stereocenters. The Labute approximate surface area is 119 Å². The van der Waals surface area contributed by atoms with E-state index in [1.54, 1.807) is 0 Å². The summed E-state index contributed by atoms with van der Waals surface area (Å²) >= 11 is 0. The van der Waals surface area contributed by atoms with Crippen molar-refractivity contribution >= 4 is 0 Å². The lowest BCUT2D eigenvalue weighted by Crippen LogP contribution is -2.17. The van der Waals surface area contributed by atoms with Gasteiger partial charge < -0.3 is 10.1 Å². The lowest BCUT2D eigenvalue weighted by atomic mass is 10.1. The van der Waals surface area contributed by atoms with Gasteiger partial charge in [0.25, 0.3) is 0 Å². The topological polar surface area (TPSA) is 45.0 Å². The molecule has 0 aromatic heterocycles. The third-order valence-electron chi connectivity index (χ3n) is 3.01. The molecule has 3 heteroatoms. The Bertz CT molecular complexity index is 561. The largest absolute Gasteiger partial charge is 0.478 e. The van der Waals surface area contributed by atoms with Crippen LogP contribution in [-0.4, -0.2) is 13.2 Å². The van der Waals surface area contributed by atoms with Crippen molar-refractivity contribution in [2.75, 3.05) is 13.2 Å². The van der Waals surface area contributed by atoms with Gasteiger partial charge in [0.15, 0.2) is 6.61 Å². The highest BCUT2D eigenvalue weighted by Gasteiger charge is 2.02. The Balaban J connectivity index is 1.80. The molecule has 0 bridgehead atoms. The minimum Gasteiger partial charge on any atom is -0.478 e. The minimum absolute atomic E-state index is 0.0844. The molecule has 3 nitrogen and oxygen atoms in total. The number of benzene rings is 2. The number of para-hydroxylation sites is 1. The van der Waals surface area contributed by atoms with Crippen molar-refractivity contribution in [2.45, 2.75) is 13.0 Å². The zero-order valence-corrected chi connectivity index (χ0v) is 11.4. The summed E-state index contributed by atoms with van der Waals surface area (Å²) in [5, 5.41) is 12.0. The highest BCUT2D eigenvalue weighted by molar-refractivity contribution is 5.33. The number of nitriles is 1. The molecule has 0 aliphatic carbocycles. The lowest BCUT2D eigenvalue weighted by molar-refractivity contribution is 0.362. The van der Waals surface area contributed by atoms with Gasteiger partial charge in [-0.3, -0.25) is 0 Å². The fourth-order valence-electron chi connectivity index (χ4n) is 2.00. The summed E-state index contributed by atoms with van der Waals surface area (Å²) in [6.07, 6.45) is 1.00. The molecular formula is C17H18N2O. The second-order valence-corrected chi connectivity index (χ2v) is 4.47. The maximum absolute atomic E-state index is 8.57. The van der Waals surface area contributed by atoms with E-state index in [1.807, 2.05) is 36.4 Å². The summed E-state index contributed by atoms with van der Waals surface area (Å²) in [4.78, 5) is 0. The van der Waals surface area contributed by atoms with E-state index in [-0.39, 0.29) is 6.61 Å². The first kappa shape index (κ1) is 14.1. The molecule has 0 radical (unpaired) electrons. The predicted octanol–water partition coefficient (Wildman–Crippen LogP) is 2.92. The zero-order chi connectivity index (χ0) is 14.0. The molecule has 0 heterocycles. The molecule has 0 fully saturated rings. The van der Waals surface area contributed by atoms with Gasteiger partial charge in [0.2, 0.25) is 0 Å². The smallest absolute Gasteiger partial charge is 0.174 e. The predicted molar refractivity (Wildman–Crippen MR) is 79.4 cm³/mol. The van der Waals surface area contributed by atoms with E-state index in [2.05, 4.69) is 29.6 Å². The first-order valence-corrected chi connectivity index (χ1v) is 6.72. The molecule has 0 aliphatic rings. The van der Waals surface area contributed by atoms with Gasteiger partial charge in [0.05, 0.1) is 0 Å². The maximum Gasteiger partial charge on any atom is 0.174 e. The van der Waals surface area contributed by atoms with Crippen molar-refractivity contribution in [3.05, 3.63) is 65.7 Å². The van der Waals surface area contributed by atoms with Crippen LogP contribution in [0.1, 0.15) is 11.1 Å². The minimum atomic E-state index is 0.0844. The van der Waals surface area contributed by atoms with Crippen LogP contribution in [0.5, 0.6) is 5.75 Å². The van der Waals surface area contributed by atoms with E-state index in [4.69, 9.17) is 10.00 Å². The van der Waals surface area contributed by atoms with Crippen LogP contribution >= 0.6 is 0 Å². The Morgan fingerprint density at radius 3 is 2.55 bits per heavy atom. The molecule has 2 aromatic rings. The molecule has 20 heavy (non-hydrogen) atoms. The number of ether oxygens (including phenoxy) is 1. The van der Waals surface area contributed by atoms with Crippen molar-refractivity contribution in [3.8, 4) is 11.8 Å². The van der Waals surface area contributed by atoms with E-state index < -0.39 is 0 Å². The third kappa shape index (κ3) is 4.42. The number of nitrogens with zero attached hydrogens (tertiary/aromatic N) is 1. The molecule has 2 rings (SSSR count). The first-order valence-electron chi connectivity index (χ1n) is 6.72. The monoisotopic (exact) mass is 266 g/mol. The van der Waals surface area contributed by atoms with Crippen LogP contribution in [0.4, 0.5) is 0 Å². The Morgan fingerprint density at radius 1 is 1.00 bits per heavy atom. The molecule has 1 N–H and O–H groups in total. The fraction of sp³-hybridized carbons (Fsp3) is 0.235. The SMILES string of the molecule is N#CCOc1ccccc1CNCCc1ccccc1. The number of rotatable bonds is 7. The number of nitrogens with one attached hydrogen (secondary N) is 1. The molecular weight excluding hydrogens is 248 g/mol. The van der Waals surface area contributed by atoms with Gasteiger partial charge in [-0.15, -0.1) is 0 Å². The second-order valence-electron chi connectivity index (χ2n) is 4.47. The molecule has 0 atom stereocenters. The van der Waals surface area contributed by atoms with Crippen LogP contribution in [0.2, 0.25) is 0 Å². The second kappa shape index (κ2) is 7.98. The van der Waals surface area contributed by atoms with Crippen LogP contribution in [0.3, 0.4) is 0 Å². The van der Waals surface area contributed by atoms with Crippen LogP contribution in [0, 0.1) is 11.3 Å². The average molecular weight is 266 g/mol. The highest BCUT2D eigenvalue weighted by atomic mass is 16.5. The van der Waals surface area contributed by atoms with Crippen molar-refractivity contribution in [1.29, 1.82) is 5.26 Å². The summed E-state index contributed by atoms with van der Waals surface area (Å²) in [6, 6.07) is 20.2. The molecule has 0 saturated heterocycles. The van der Waals surface area contributed by atoms with E-state index >= 15 is 0 Å². The van der Waals surface area contributed by atoms with Crippen LogP contribution < -0.4 is 10.1 Å². The molecule has 0 saturated carbocycles. The van der Waals surface area contributed by atoms with Crippen LogP contribution in [0.25, 0.3) is 0 Å². The van der Waals surface area contributed by atoms with E-state index in [9.17, 15) is 0 Å². The quantitative estimate of drug-likeness (QED) is 0.784. The summed E-state index contributed by atoms with van der Waals surface area (Å²) in [5.41, 5.74) is 2.41. The normalized spacial score (nSPS) is 9.95. The van der Waals surface area contributed by atoms with Crippen LogP contribution in [0.15, 0.2) is 54.6 Å². The molecule has 0 spiro atoms.